The molecule has 21 heavy (non-hydrogen) atoms. The Bertz CT molecular complexity index is 741. The summed E-state index contributed by atoms with van der Waals surface area (Å²) in [5, 5.41) is 0. The quantitative estimate of drug-likeness (QED) is 0.531. The summed E-state index contributed by atoms with van der Waals surface area (Å²) in [6.07, 6.45) is 4.06. The smallest absolute Gasteiger partial charge is 0.165 e. The van der Waals surface area contributed by atoms with E-state index in [1.165, 1.54) is 9.90 Å². The van der Waals surface area contributed by atoms with E-state index >= 15 is 0 Å². The molecule has 3 rings (SSSR count). The minimum Gasteiger partial charge on any atom is -0.494 e. The van der Waals surface area contributed by atoms with Gasteiger partial charge < -0.3 is 15.0 Å². The number of halogens is 1. The van der Waals surface area contributed by atoms with Crippen LogP contribution in [0, 0.1) is 3.57 Å². The lowest BCUT2D eigenvalue weighted by Gasteiger charge is -2.07. The minimum atomic E-state index is 0.411. The van der Waals surface area contributed by atoms with Gasteiger partial charge in [-0.15, -0.1) is 0 Å². The van der Waals surface area contributed by atoms with Crippen molar-refractivity contribution >= 4 is 39.6 Å². The molecule has 7 heteroatoms. The Morgan fingerprint density at radius 1 is 1.14 bits per heavy atom. The van der Waals surface area contributed by atoms with E-state index in [0.717, 1.165) is 24.4 Å². The lowest BCUT2D eigenvalue weighted by Crippen LogP contribution is -2.04. The van der Waals surface area contributed by atoms with Gasteiger partial charge in [0.05, 0.1) is 12.9 Å². The second-order valence-electron chi connectivity index (χ2n) is 4.53. The van der Waals surface area contributed by atoms with Gasteiger partial charge in [-0.3, -0.25) is 0 Å². The van der Waals surface area contributed by atoms with Crippen molar-refractivity contribution in [3.63, 3.8) is 0 Å². The van der Waals surface area contributed by atoms with Gasteiger partial charge in [0.1, 0.15) is 17.6 Å². The molecular formula is C14H14IN5O. The van der Waals surface area contributed by atoms with Crippen LogP contribution in [-0.4, -0.2) is 26.1 Å². The molecule has 0 aliphatic heterocycles. The zero-order chi connectivity index (χ0) is 14.7. The van der Waals surface area contributed by atoms with Gasteiger partial charge in [-0.1, -0.05) is 0 Å². The van der Waals surface area contributed by atoms with Crippen LogP contribution in [0.4, 0.5) is 5.82 Å². The highest BCUT2D eigenvalue weighted by atomic mass is 127. The molecule has 1 aromatic carbocycles. The van der Waals surface area contributed by atoms with Gasteiger partial charge in [-0.25, -0.2) is 15.0 Å². The van der Waals surface area contributed by atoms with E-state index in [1.807, 2.05) is 28.8 Å². The van der Waals surface area contributed by atoms with Gasteiger partial charge in [0.2, 0.25) is 0 Å². The van der Waals surface area contributed by atoms with Gasteiger partial charge in [0.15, 0.2) is 11.5 Å². The van der Waals surface area contributed by atoms with Crippen LogP contribution in [-0.2, 0) is 6.54 Å². The van der Waals surface area contributed by atoms with Crippen LogP contribution in [0.2, 0.25) is 0 Å². The Labute approximate surface area is 135 Å². The number of benzene rings is 1. The van der Waals surface area contributed by atoms with E-state index in [1.54, 1.807) is 6.33 Å². The van der Waals surface area contributed by atoms with Gasteiger partial charge in [0.25, 0.3) is 0 Å². The van der Waals surface area contributed by atoms with Crippen molar-refractivity contribution < 1.29 is 4.74 Å². The molecule has 0 aliphatic rings. The lowest BCUT2D eigenvalue weighted by molar-refractivity contribution is 0.302. The third-order valence-electron chi connectivity index (χ3n) is 3.06. The molecule has 0 saturated carbocycles. The van der Waals surface area contributed by atoms with Crippen molar-refractivity contribution in [3.05, 3.63) is 40.5 Å². The molecule has 0 atom stereocenters. The van der Waals surface area contributed by atoms with Gasteiger partial charge >= 0.3 is 0 Å². The highest BCUT2D eigenvalue weighted by Crippen LogP contribution is 2.15. The summed E-state index contributed by atoms with van der Waals surface area (Å²) in [7, 11) is 0. The first kappa shape index (κ1) is 14.1. The van der Waals surface area contributed by atoms with Crippen LogP contribution in [0.1, 0.15) is 6.42 Å². The minimum absolute atomic E-state index is 0.411. The average Bonchev–Trinajstić information content (AvgIpc) is 2.90. The largest absolute Gasteiger partial charge is 0.494 e. The fourth-order valence-electron chi connectivity index (χ4n) is 2.02. The Balaban J connectivity index is 1.57. The summed E-state index contributed by atoms with van der Waals surface area (Å²) < 4.78 is 8.86. The summed E-state index contributed by atoms with van der Waals surface area (Å²) in [5.41, 5.74) is 7.17. The molecular weight excluding hydrogens is 381 g/mol. The maximum absolute atomic E-state index is 5.76. The number of nitrogen functional groups attached to an aromatic ring is 1. The molecule has 0 radical (unpaired) electrons. The number of imidazole rings is 1. The van der Waals surface area contributed by atoms with Crippen molar-refractivity contribution in [1.82, 2.24) is 19.5 Å². The molecule has 0 spiro atoms. The van der Waals surface area contributed by atoms with Crippen LogP contribution in [0.15, 0.2) is 36.9 Å². The van der Waals surface area contributed by atoms with Crippen molar-refractivity contribution in [2.75, 3.05) is 12.3 Å². The standard InChI is InChI=1S/C14H14IN5O/c15-10-2-4-11(5-3-10)21-7-1-6-20-9-19-12-13(16)17-8-18-14(12)20/h2-5,8-9H,1,6-7H2,(H2,16,17,18). The third kappa shape index (κ3) is 3.23. The molecule has 6 nitrogen and oxygen atoms in total. The number of hydrogen-bond acceptors (Lipinski definition) is 5. The number of hydrogen-bond donors (Lipinski definition) is 1. The van der Waals surface area contributed by atoms with E-state index in [-0.39, 0.29) is 0 Å². The Kier molecular flexibility index (Phi) is 4.18. The van der Waals surface area contributed by atoms with E-state index in [4.69, 9.17) is 10.5 Å². The number of aryl methyl sites for hydroxylation is 1. The van der Waals surface area contributed by atoms with Crippen molar-refractivity contribution in [2.45, 2.75) is 13.0 Å². The molecule has 2 aromatic heterocycles. The molecule has 0 amide bonds. The second-order valence-corrected chi connectivity index (χ2v) is 5.77. The number of nitrogens with two attached hydrogens (primary N) is 1. The number of aromatic nitrogens is 4. The summed E-state index contributed by atoms with van der Waals surface area (Å²) in [6, 6.07) is 8.00. The summed E-state index contributed by atoms with van der Waals surface area (Å²) >= 11 is 2.27. The molecule has 2 heterocycles. The molecule has 0 fully saturated rings. The molecule has 0 aliphatic carbocycles. The van der Waals surface area contributed by atoms with Crippen LogP contribution >= 0.6 is 22.6 Å². The maximum Gasteiger partial charge on any atom is 0.165 e. The fraction of sp³-hybridized carbons (Fsp3) is 0.214. The Morgan fingerprint density at radius 2 is 1.95 bits per heavy atom. The predicted octanol–water partition coefficient (Wildman–Crippen LogP) is 2.48. The van der Waals surface area contributed by atoms with Gasteiger partial charge in [0, 0.05) is 10.1 Å². The number of nitrogens with zero attached hydrogens (tertiary/aromatic N) is 4. The zero-order valence-corrected chi connectivity index (χ0v) is 13.4. The van der Waals surface area contributed by atoms with E-state index < -0.39 is 0 Å². The van der Waals surface area contributed by atoms with Crippen LogP contribution in [0.3, 0.4) is 0 Å². The number of fused-ring (bicyclic) bond motifs is 1. The molecule has 3 aromatic rings. The molecule has 0 saturated heterocycles. The first-order valence-electron chi connectivity index (χ1n) is 6.54. The molecule has 2 N–H and O–H groups in total. The normalized spacial score (nSPS) is 10.9. The SMILES string of the molecule is Nc1ncnc2c1ncn2CCCOc1ccc(I)cc1. The topological polar surface area (TPSA) is 78.9 Å². The molecule has 0 unspecified atom stereocenters. The van der Waals surface area contributed by atoms with Crippen molar-refractivity contribution in [1.29, 1.82) is 0 Å². The van der Waals surface area contributed by atoms with Crippen LogP contribution in [0.25, 0.3) is 11.2 Å². The fourth-order valence-corrected chi connectivity index (χ4v) is 2.38. The van der Waals surface area contributed by atoms with Gasteiger partial charge in [-0.05, 0) is 53.3 Å². The van der Waals surface area contributed by atoms with Gasteiger partial charge in [-0.2, -0.15) is 0 Å². The molecule has 108 valence electrons. The zero-order valence-electron chi connectivity index (χ0n) is 11.2. The Morgan fingerprint density at radius 3 is 2.76 bits per heavy atom. The highest BCUT2D eigenvalue weighted by molar-refractivity contribution is 14.1. The van der Waals surface area contributed by atoms with E-state index in [9.17, 15) is 0 Å². The van der Waals surface area contributed by atoms with Crippen molar-refractivity contribution in [2.24, 2.45) is 0 Å². The van der Waals surface area contributed by atoms with Crippen LogP contribution < -0.4 is 10.5 Å². The van der Waals surface area contributed by atoms with E-state index in [2.05, 4.69) is 37.5 Å². The summed E-state index contributed by atoms with van der Waals surface area (Å²) in [6.45, 7) is 1.41. The predicted molar refractivity (Wildman–Crippen MR) is 89.0 cm³/mol. The first-order valence-corrected chi connectivity index (χ1v) is 7.61. The number of rotatable bonds is 5. The monoisotopic (exact) mass is 395 g/mol. The maximum atomic E-state index is 5.76. The highest BCUT2D eigenvalue weighted by Gasteiger charge is 2.07. The van der Waals surface area contributed by atoms with Crippen LogP contribution in [0.5, 0.6) is 5.75 Å². The second kappa shape index (κ2) is 6.25. The number of anilines is 1. The summed E-state index contributed by atoms with van der Waals surface area (Å²) in [5.74, 6) is 1.30. The Hall–Kier alpha value is -1.90. The summed E-state index contributed by atoms with van der Waals surface area (Å²) in [4.78, 5) is 12.4. The van der Waals surface area contributed by atoms with Crippen molar-refractivity contribution in [3.8, 4) is 5.75 Å². The first-order chi connectivity index (χ1) is 10.2. The lowest BCUT2D eigenvalue weighted by atomic mass is 10.3. The third-order valence-corrected chi connectivity index (χ3v) is 3.77. The molecule has 0 bridgehead atoms. The number of ether oxygens (including phenoxy) is 1. The average molecular weight is 395 g/mol. The van der Waals surface area contributed by atoms with E-state index in [0.29, 0.717) is 17.9 Å².